The number of nitrogens with one attached hydrogen (secondary N) is 2. The third-order valence-corrected chi connectivity index (χ3v) is 6.22. The fourth-order valence-corrected chi connectivity index (χ4v) is 4.26. The van der Waals surface area contributed by atoms with Gasteiger partial charge in [0.15, 0.2) is 0 Å². The second-order valence-corrected chi connectivity index (χ2v) is 9.42. The van der Waals surface area contributed by atoms with Crippen molar-refractivity contribution in [2.24, 2.45) is 0 Å². The summed E-state index contributed by atoms with van der Waals surface area (Å²) in [5, 5.41) is 23.7. The number of phenols is 1. The van der Waals surface area contributed by atoms with E-state index in [-0.39, 0.29) is 22.7 Å². The fraction of sp³-hybridized carbons (Fsp3) is 0.400. The third kappa shape index (κ3) is 4.80. The van der Waals surface area contributed by atoms with Crippen LogP contribution in [0.1, 0.15) is 30.5 Å². The summed E-state index contributed by atoms with van der Waals surface area (Å²) in [5.41, 5.74) is 3.20. The largest absolute Gasteiger partial charge is 0.506 e. The number of fused-ring (bicyclic) bond motifs is 1. The second kappa shape index (κ2) is 7.50. The van der Waals surface area contributed by atoms with Gasteiger partial charge in [-0.3, -0.25) is 10.0 Å². The molecule has 0 amide bonds. The van der Waals surface area contributed by atoms with Gasteiger partial charge in [-0.2, -0.15) is 0 Å². The summed E-state index contributed by atoms with van der Waals surface area (Å²) in [6.07, 6.45) is 1.20. The molecule has 2 aromatic rings. The predicted molar refractivity (Wildman–Crippen MR) is 106 cm³/mol. The Morgan fingerprint density at radius 2 is 1.78 bits per heavy atom. The Bertz CT molecular complexity index is 902. The third-order valence-electron chi connectivity index (χ3n) is 4.93. The lowest BCUT2D eigenvalue weighted by Crippen LogP contribution is -2.49. The number of aliphatic hydroxyl groups excluding tert-OH is 1. The molecule has 6 nitrogen and oxygen atoms in total. The van der Waals surface area contributed by atoms with Crippen LogP contribution in [0.4, 0.5) is 5.69 Å². The summed E-state index contributed by atoms with van der Waals surface area (Å²) >= 11 is 0. The van der Waals surface area contributed by atoms with Crippen molar-refractivity contribution in [3.8, 4) is 5.75 Å². The van der Waals surface area contributed by atoms with Crippen molar-refractivity contribution in [3.05, 3.63) is 59.2 Å². The Morgan fingerprint density at radius 1 is 1.15 bits per heavy atom. The van der Waals surface area contributed by atoms with E-state index in [1.165, 1.54) is 24.1 Å². The number of anilines is 1. The van der Waals surface area contributed by atoms with Gasteiger partial charge < -0.3 is 10.2 Å². The van der Waals surface area contributed by atoms with Gasteiger partial charge in [-0.05, 0) is 55.5 Å². The summed E-state index contributed by atoms with van der Waals surface area (Å²) in [7, 11) is -3.49. The zero-order valence-corrected chi connectivity index (χ0v) is 16.4. The van der Waals surface area contributed by atoms with E-state index in [1.807, 2.05) is 12.1 Å². The van der Waals surface area contributed by atoms with Crippen molar-refractivity contribution in [2.75, 3.05) is 10.5 Å². The molecule has 0 bridgehead atoms. The number of hydrogen-bond donors (Lipinski definition) is 4. The number of sulfonamides is 1. The van der Waals surface area contributed by atoms with Crippen LogP contribution in [0.2, 0.25) is 0 Å². The standard InChI is InChI=1S/C20H26N2O4S/c1-3-27(25,26)22-17-10-14(8-9-18(17)23)11-19(24)21-20(2)12-15-6-4-5-7-16(15)13-20/h4-10,19,21-24H,3,11-13H2,1-2H3/t19-/m1/s1. The SMILES string of the molecule is CCS(=O)(=O)Nc1cc(C[C@@H](O)NC2(C)Cc3ccccc3C2)ccc1O. The zero-order chi connectivity index (χ0) is 19.7. The maximum Gasteiger partial charge on any atom is 0.232 e. The van der Waals surface area contributed by atoms with Gasteiger partial charge in [0.1, 0.15) is 12.0 Å². The molecular formula is C20H26N2O4S. The molecule has 7 heteroatoms. The van der Waals surface area contributed by atoms with E-state index in [1.54, 1.807) is 12.1 Å². The first-order valence-corrected chi connectivity index (χ1v) is 10.7. The molecule has 4 N–H and O–H groups in total. The van der Waals surface area contributed by atoms with Crippen LogP contribution in [0.25, 0.3) is 0 Å². The van der Waals surface area contributed by atoms with Gasteiger partial charge >= 0.3 is 0 Å². The normalized spacial score (nSPS) is 16.7. The Kier molecular flexibility index (Phi) is 5.46. The van der Waals surface area contributed by atoms with Crippen LogP contribution < -0.4 is 10.0 Å². The van der Waals surface area contributed by atoms with Crippen molar-refractivity contribution < 1.29 is 18.6 Å². The Balaban J connectivity index is 1.67. The molecule has 0 spiro atoms. The maximum atomic E-state index is 11.8. The number of rotatable bonds is 7. The summed E-state index contributed by atoms with van der Waals surface area (Å²) in [6, 6.07) is 12.9. The molecule has 146 valence electrons. The Morgan fingerprint density at radius 3 is 2.37 bits per heavy atom. The van der Waals surface area contributed by atoms with Gasteiger partial charge in [-0.1, -0.05) is 30.3 Å². The molecule has 0 aromatic heterocycles. The van der Waals surface area contributed by atoms with Gasteiger partial charge in [0.2, 0.25) is 10.0 Å². The van der Waals surface area contributed by atoms with Crippen molar-refractivity contribution >= 4 is 15.7 Å². The van der Waals surface area contributed by atoms with E-state index in [0.717, 1.165) is 18.4 Å². The molecule has 0 fully saturated rings. The van der Waals surface area contributed by atoms with Gasteiger partial charge in [0, 0.05) is 12.0 Å². The zero-order valence-electron chi connectivity index (χ0n) is 15.6. The average molecular weight is 391 g/mol. The van der Waals surface area contributed by atoms with Crippen LogP contribution in [0.15, 0.2) is 42.5 Å². The minimum Gasteiger partial charge on any atom is -0.506 e. The van der Waals surface area contributed by atoms with E-state index < -0.39 is 16.3 Å². The molecule has 1 atom stereocenters. The molecule has 27 heavy (non-hydrogen) atoms. The molecule has 3 rings (SSSR count). The number of aliphatic hydroxyl groups is 1. The van der Waals surface area contributed by atoms with E-state index in [2.05, 4.69) is 29.1 Å². The van der Waals surface area contributed by atoms with Crippen LogP contribution in [0.5, 0.6) is 5.75 Å². The van der Waals surface area contributed by atoms with Crippen molar-refractivity contribution in [3.63, 3.8) is 0 Å². The van der Waals surface area contributed by atoms with Crippen molar-refractivity contribution in [1.82, 2.24) is 5.32 Å². The molecule has 0 radical (unpaired) electrons. The van der Waals surface area contributed by atoms with Gasteiger partial charge in [-0.15, -0.1) is 0 Å². The highest BCUT2D eigenvalue weighted by atomic mass is 32.2. The molecule has 0 unspecified atom stereocenters. The lowest BCUT2D eigenvalue weighted by molar-refractivity contribution is 0.0985. The second-order valence-electron chi connectivity index (χ2n) is 7.40. The number of aromatic hydroxyl groups is 1. The van der Waals surface area contributed by atoms with Crippen molar-refractivity contribution in [2.45, 2.75) is 44.9 Å². The minimum absolute atomic E-state index is 0.0836. The Labute approximate surface area is 160 Å². The minimum atomic E-state index is -3.49. The quantitative estimate of drug-likeness (QED) is 0.429. The monoisotopic (exact) mass is 390 g/mol. The summed E-state index contributed by atoms with van der Waals surface area (Å²) in [4.78, 5) is 0. The first kappa shape index (κ1) is 19.7. The van der Waals surface area contributed by atoms with Crippen LogP contribution in [0.3, 0.4) is 0 Å². The van der Waals surface area contributed by atoms with E-state index in [9.17, 15) is 18.6 Å². The molecule has 0 heterocycles. The molecule has 2 aromatic carbocycles. The molecule has 0 aliphatic heterocycles. The van der Waals surface area contributed by atoms with E-state index in [0.29, 0.717) is 6.42 Å². The van der Waals surface area contributed by atoms with Gasteiger partial charge in [-0.25, -0.2) is 8.42 Å². The van der Waals surface area contributed by atoms with E-state index >= 15 is 0 Å². The molecule has 0 saturated carbocycles. The highest BCUT2D eigenvalue weighted by Gasteiger charge is 2.33. The number of benzene rings is 2. The van der Waals surface area contributed by atoms with Crippen LogP contribution in [0, 0.1) is 0 Å². The summed E-state index contributed by atoms with van der Waals surface area (Å²) in [5.74, 6) is -0.226. The summed E-state index contributed by atoms with van der Waals surface area (Å²) in [6.45, 7) is 3.62. The number of hydrogen-bond acceptors (Lipinski definition) is 5. The number of phenolic OH excluding ortho intramolecular Hbond substituents is 1. The smallest absolute Gasteiger partial charge is 0.232 e. The molecular weight excluding hydrogens is 364 g/mol. The van der Waals surface area contributed by atoms with Crippen LogP contribution in [-0.2, 0) is 29.3 Å². The van der Waals surface area contributed by atoms with Gasteiger partial charge in [0.05, 0.1) is 11.4 Å². The topological polar surface area (TPSA) is 98.7 Å². The van der Waals surface area contributed by atoms with Crippen LogP contribution >= 0.6 is 0 Å². The Hall–Kier alpha value is -2.09. The molecule has 1 aliphatic carbocycles. The van der Waals surface area contributed by atoms with Gasteiger partial charge in [0.25, 0.3) is 0 Å². The lowest BCUT2D eigenvalue weighted by Gasteiger charge is -2.29. The summed E-state index contributed by atoms with van der Waals surface area (Å²) < 4.78 is 25.9. The lowest BCUT2D eigenvalue weighted by atomic mass is 9.97. The van der Waals surface area contributed by atoms with Crippen LogP contribution in [-0.4, -0.2) is 36.2 Å². The highest BCUT2D eigenvalue weighted by molar-refractivity contribution is 7.92. The fourth-order valence-electron chi connectivity index (χ4n) is 3.62. The first-order chi connectivity index (χ1) is 12.7. The highest BCUT2D eigenvalue weighted by Crippen LogP contribution is 2.30. The maximum absolute atomic E-state index is 11.8. The van der Waals surface area contributed by atoms with Crippen molar-refractivity contribution in [1.29, 1.82) is 0 Å². The first-order valence-electron chi connectivity index (χ1n) is 9.05. The molecule has 1 aliphatic rings. The average Bonchev–Trinajstić information content (AvgIpc) is 2.93. The van der Waals surface area contributed by atoms with E-state index in [4.69, 9.17) is 0 Å². The molecule has 0 saturated heterocycles. The predicted octanol–water partition coefficient (Wildman–Crippen LogP) is 2.16.